The molecule has 0 spiro atoms. The Labute approximate surface area is 258 Å². The van der Waals surface area contributed by atoms with Crippen molar-refractivity contribution in [1.29, 1.82) is 0 Å². The number of benzene rings is 6. The third-order valence-electron chi connectivity index (χ3n) is 8.38. The van der Waals surface area contributed by atoms with E-state index in [-0.39, 0.29) is 0 Å². The molecule has 0 unspecified atom stereocenters. The summed E-state index contributed by atoms with van der Waals surface area (Å²) in [6.45, 7) is 0. The third-order valence-corrected chi connectivity index (χ3v) is 8.38. The smallest absolute Gasteiger partial charge is 0.182 e. The van der Waals surface area contributed by atoms with Crippen LogP contribution < -0.4 is 0 Å². The van der Waals surface area contributed by atoms with Gasteiger partial charge in [-0.2, -0.15) is 0 Å². The maximum Gasteiger partial charge on any atom is 0.182 e. The standard InChI is InChI=1S/C40H24N4O/c1-2-11-29-24-41-34(23-28(29)10-1)40-43-38(27-21-19-26(20-22-27)31-15-7-12-25-9-3-4-13-30(25)31)42-39(44-40)33-16-8-18-36-37(33)32-14-5-6-17-35(32)45-36/h1-24H. The summed E-state index contributed by atoms with van der Waals surface area (Å²) < 4.78 is 6.19. The first-order valence-electron chi connectivity index (χ1n) is 14.9. The monoisotopic (exact) mass is 576 g/mol. The molecule has 0 bridgehead atoms. The molecule has 210 valence electrons. The number of para-hydroxylation sites is 1. The van der Waals surface area contributed by atoms with E-state index in [9.17, 15) is 0 Å². The first-order valence-corrected chi connectivity index (χ1v) is 14.9. The summed E-state index contributed by atoms with van der Waals surface area (Å²) in [5.41, 5.74) is 6.42. The maximum absolute atomic E-state index is 6.19. The Morgan fingerprint density at radius 3 is 1.93 bits per heavy atom. The molecule has 0 fully saturated rings. The van der Waals surface area contributed by atoms with Crippen LogP contribution in [0.2, 0.25) is 0 Å². The van der Waals surface area contributed by atoms with Crippen LogP contribution in [0.4, 0.5) is 0 Å². The van der Waals surface area contributed by atoms with Gasteiger partial charge in [0.05, 0.1) is 0 Å². The fourth-order valence-corrected chi connectivity index (χ4v) is 6.18. The van der Waals surface area contributed by atoms with Gasteiger partial charge in [0.2, 0.25) is 0 Å². The summed E-state index contributed by atoms with van der Waals surface area (Å²) in [5, 5.41) is 6.58. The summed E-state index contributed by atoms with van der Waals surface area (Å²) in [7, 11) is 0. The van der Waals surface area contributed by atoms with Crippen molar-refractivity contribution in [3.05, 3.63) is 146 Å². The van der Waals surface area contributed by atoms with Gasteiger partial charge in [-0.25, -0.2) is 15.0 Å². The van der Waals surface area contributed by atoms with Crippen molar-refractivity contribution >= 4 is 43.5 Å². The molecule has 0 amide bonds. The number of fused-ring (bicyclic) bond motifs is 5. The van der Waals surface area contributed by atoms with Gasteiger partial charge in [-0.15, -0.1) is 0 Å². The highest BCUT2D eigenvalue weighted by Crippen LogP contribution is 2.37. The Balaban J connectivity index is 1.23. The van der Waals surface area contributed by atoms with E-state index in [0.29, 0.717) is 23.2 Å². The number of aromatic nitrogens is 4. The molecular formula is C40H24N4O. The summed E-state index contributed by atoms with van der Waals surface area (Å²) in [5.74, 6) is 1.67. The minimum atomic E-state index is 0.517. The predicted octanol–water partition coefficient (Wildman–Crippen LogP) is 10.1. The number of hydrogen-bond acceptors (Lipinski definition) is 5. The topological polar surface area (TPSA) is 64.7 Å². The van der Waals surface area contributed by atoms with Crippen molar-refractivity contribution in [3.63, 3.8) is 0 Å². The highest BCUT2D eigenvalue weighted by atomic mass is 16.3. The van der Waals surface area contributed by atoms with Crippen LogP contribution in [0, 0.1) is 0 Å². The molecule has 0 N–H and O–H groups in total. The van der Waals surface area contributed by atoms with Crippen molar-refractivity contribution in [2.45, 2.75) is 0 Å². The maximum atomic E-state index is 6.19. The van der Waals surface area contributed by atoms with E-state index in [1.807, 2.05) is 60.8 Å². The van der Waals surface area contributed by atoms with Crippen LogP contribution in [0.25, 0.3) is 88.9 Å². The molecule has 9 aromatic rings. The third kappa shape index (κ3) is 4.33. The van der Waals surface area contributed by atoms with Gasteiger partial charge < -0.3 is 4.42 Å². The highest BCUT2D eigenvalue weighted by molar-refractivity contribution is 6.11. The SMILES string of the molecule is c1ccc2cc(-c3nc(-c4ccc(-c5cccc6ccccc56)cc4)nc(-c4cccc5oc6ccccc6c45)n3)ncc2c1. The molecule has 6 aromatic carbocycles. The van der Waals surface area contributed by atoms with Crippen LogP contribution in [0.5, 0.6) is 0 Å². The Hall–Kier alpha value is -6.20. The number of nitrogens with zero attached hydrogens (tertiary/aromatic N) is 4. The summed E-state index contributed by atoms with van der Waals surface area (Å²) in [6.07, 6.45) is 1.87. The van der Waals surface area contributed by atoms with E-state index in [2.05, 4.69) is 84.9 Å². The highest BCUT2D eigenvalue weighted by Gasteiger charge is 2.18. The molecule has 5 nitrogen and oxygen atoms in total. The Kier molecular flexibility index (Phi) is 5.74. The van der Waals surface area contributed by atoms with Crippen molar-refractivity contribution in [1.82, 2.24) is 19.9 Å². The lowest BCUT2D eigenvalue weighted by atomic mass is 9.97. The zero-order valence-corrected chi connectivity index (χ0v) is 24.1. The molecular weight excluding hydrogens is 552 g/mol. The Morgan fingerprint density at radius 2 is 1.04 bits per heavy atom. The quantitative estimate of drug-likeness (QED) is 0.209. The summed E-state index contributed by atoms with van der Waals surface area (Å²) >= 11 is 0. The van der Waals surface area contributed by atoms with E-state index in [1.54, 1.807) is 0 Å². The molecule has 0 aliphatic carbocycles. The average Bonchev–Trinajstić information content (AvgIpc) is 3.50. The molecule has 45 heavy (non-hydrogen) atoms. The van der Waals surface area contributed by atoms with Crippen molar-refractivity contribution in [2.75, 3.05) is 0 Å². The second-order valence-corrected chi connectivity index (χ2v) is 11.1. The van der Waals surface area contributed by atoms with Crippen molar-refractivity contribution < 1.29 is 4.42 Å². The molecule has 0 saturated carbocycles. The zero-order chi connectivity index (χ0) is 29.7. The molecule has 5 heteroatoms. The number of furan rings is 1. The molecule has 0 radical (unpaired) electrons. The molecule has 3 aromatic heterocycles. The van der Waals surface area contributed by atoms with E-state index in [1.165, 1.54) is 16.3 Å². The molecule has 0 saturated heterocycles. The number of pyridine rings is 1. The van der Waals surface area contributed by atoms with Crippen molar-refractivity contribution in [2.24, 2.45) is 0 Å². The molecule has 0 atom stereocenters. The second-order valence-electron chi connectivity index (χ2n) is 11.1. The van der Waals surface area contributed by atoms with Gasteiger partial charge in [0.25, 0.3) is 0 Å². The zero-order valence-electron chi connectivity index (χ0n) is 24.1. The van der Waals surface area contributed by atoms with E-state index in [4.69, 9.17) is 24.4 Å². The fraction of sp³-hybridized carbons (Fsp3) is 0. The first kappa shape index (κ1) is 25.3. The lowest BCUT2D eigenvalue weighted by Gasteiger charge is -2.10. The normalized spacial score (nSPS) is 11.6. The molecule has 3 heterocycles. The lowest BCUT2D eigenvalue weighted by molar-refractivity contribution is 0.669. The van der Waals surface area contributed by atoms with Gasteiger partial charge in [0.15, 0.2) is 17.5 Å². The largest absolute Gasteiger partial charge is 0.456 e. The molecule has 0 aliphatic rings. The number of hydrogen-bond donors (Lipinski definition) is 0. The van der Waals surface area contributed by atoms with Crippen LogP contribution in [-0.4, -0.2) is 19.9 Å². The van der Waals surface area contributed by atoms with Crippen molar-refractivity contribution in [3.8, 4) is 45.4 Å². The summed E-state index contributed by atoms with van der Waals surface area (Å²) in [4.78, 5) is 19.8. The Bertz CT molecular complexity index is 2550. The van der Waals surface area contributed by atoms with Crippen LogP contribution in [0.1, 0.15) is 0 Å². The number of rotatable bonds is 4. The van der Waals surface area contributed by atoms with Gasteiger partial charge in [-0.05, 0) is 45.5 Å². The summed E-state index contributed by atoms with van der Waals surface area (Å²) in [6, 6.07) is 47.6. The van der Waals surface area contributed by atoms with Gasteiger partial charge >= 0.3 is 0 Å². The average molecular weight is 577 g/mol. The minimum Gasteiger partial charge on any atom is -0.456 e. The fourth-order valence-electron chi connectivity index (χ4n) is 6.18. The van der Waals surface area contributed by atoms with Gasteiger partial charge in [-0.3, -0.25) is 4.98 Å². The van der Waals surface area contributed by atoms with Gasteiger partial charge in [0, 0.05) is 33.5 Å². The van der Waals surface area contributed by atoms with Crippen LogP contribution in [-0.2, 0) is 0 Å². The van der Waals surface area contributed by atoms with E-state index in [0.717, 1.165) is 49.4 Å². The van der Waals surface area contributed by atoms with Crippen LogP contribution in [0.3, 0.4) is 0 Å². The van der Waals surface area contributed by atoms with Crippen LogP contribution in [0.15, 0.2) is 150 Å². The van der Waals surface area contributed by atoms with E-state index < -0.39 is 0 Å². The lowest BCUT2D eigenvalue weighted by Crippen LogP contribution is -2.01. The van der Waals surface area contributed by atoms with Gasteiger partial charge in [0.1, 0.15) is 16.9 Å². The van der Waals surface area contributed by atoms with Crippen LogP contribution >= 0.6 is 0 Å². The predicted molar refractivity (Wildman–Crippen MR) is 182 cm³/mol. The molecule has 0 aliphatic heterocycles. The first-order chi connectivity index (χ1) is 22.3. The second kappa shape index (κ2) is 10.2. The van der Waals surface area contributed by atoms with Gasteiger partial charge in [-0.1, -0.05) is 121 Å². The Morgan fingerprint density at radius 1 is 0.422 bits per heavy atom. The van der Waals surface area contributed by atoms with E-state index >= 15 is 0 Å². The molecule has 9 rings (SSSR count). The minimum absolute atomic E-state index is 0.517.